The Hall–Kier alpha value is -0.630. The molecule has 0 amide bonds. The predicted molar refractivity (Wildman–Crippen MR) is 80.5 cm³/mol. The average Bonchev–Trinajstić information content (AvgIpc) is 2.35. The summed E-state index contributed by atoms with van der Waals surface area (Å²) in [4.78, 5) is 0.485. The number of benzene rings is 1. The third-order valence-electron chi connectivity index (χ3n) is 2.27. The topological polar surface area (TPSA) is 72.2 Å². The molecule has 1 rings (SSSR count). The lowest BCUT2D eigenvalue weighted by Gasteiger charge is -2.07. The molecule has 0 aliphatic rings. The van der Waals surface area contributed by atoms with Crippen LogP contribution in [0.1, 0.15) is 12.0 Å². The summed E-state index contributed by atoms with van der Waals surface area (Å²) in [5.74, 6) is 0.933. The van der Waals surface area contributed by atoms with E-state index >= 15 is 0 Å². The molecule has 0 unspecified atom stereocenters. The van der Waals surface area contributed by atoms with Crippen molar-refractivity contribution in [2.24, 2.45) is 5.73 Å². The number of hydrogen-bond acceptors (Lipinski definition) is 4. The summed E-state index contributed by atoms with van der Waals surface area (Å²) in [6.07, 6.45) is 2.80. The zero-order valence-electron chi connectivity index (χ0n) is 10.0. The van der Waals surface area contributed by atoms with E-state index in [0.29, 0.717) is 12.1 Å². The van der Waals surface area contributed by atoms with Crippen LogP contribution in [0.25, 0.3) is 0 Å². The minimum absolute atomic E-state index is 0.228. The molecule has 3 N–H and O–H groups in total. The second kappa shape index (κ2) is 7.08. The SMILES string of the molecule is CSCCCNS(=O)(=O)c1ccc(C(N)=S)cc1. The second-order valence-electron chi connectivity index (χ2n) is 3.63. The van der Waals surface area contributed by atoms with Crippen LogP contribution >= 0.6 is 24.0 Å². The van der Waals surface area contributed by atoms with Gasteiger partial charge in [0, 0.05) is 12.1 Å². The summed E-state index contributed by atoms with van der Waals surface area (Å²) in [7, 11) is -3.43. The molecule has 0 radical (unpaired) electrons. The molecule has 0 heterocycles. The van der Waals surface area contributed by atoms with Gasteiger partial charge < -0.3 is 5.73 Å². The van der Waals surface area contributed by atoms with Crippen molar-refractivity contribution in [3.8, 4) is 0 Å². The maximum absolute atomic E-state index is 11.9. The molecule has 1 aromatic carbocycles. The Bertz CT molecular complexity index is 498. The molecular weight excluding hydrogens is 288 g/mol. The minimum atomic E-state index is -3.43. The fraction of sp³-hybridized carbons (Fsp3) is 0.364. The third-order valence-corrected chi connectivity index (χ3v) is 4.68. The van der Waals surface area contributed by atoms with Crippen molar-refractivity contribution in [3.05, 3.63) is 29.8 Å². The van der Waals surface area contributed by atoms with Crippen LogP contribution < -0.4 is 10.5 Å². The largest absolute Gasteiger partial charge is 0.389 e. The van der Waals surface area contributed by atoms with Crippen LogP contribution in [0.2, 0.25) is 0 Å². The molecule has 0 fully saturated rings. The van der Waals surface area contributed by atoms with Crippen molar-refractivity contribution in [3.63, 3.8) is 0 Å². The molecule has 0 aliphatic carbocycles. The predicted octanol–water partition coefficient (Wildman–Crippen LogP) is 1.35. The number of hydrogen-bond donors (Lipinski definition) is 2. The first-order valence-corrected chi connectivity index (χ1v) is 8.64. The van der Waals surface area contributed by atoms with Crippen molar-refractivity contribution in [1.82, 2.24) is 4.72 Å². The number of thiocarbonyl (C=S) groups is 1. The zero-order chi connectivity index (χ0) is 13.6. The summed E-state index contributed by atoms with van der Waals surface area (Å²) in [6, 6.07) is 6.23. The molecule has 4 nitrogen and oxygen atoms in total. The van der Waals surface area contributed by atoms with Gasteiger partial charge in [0.2, 0.25) is 10.0 Å². The number of thioether (sulfide) groups is 1. The first kappa shape index (κ1) is 15.4. The quantitative estimate of drug-likeness (QED) is 0.588. The van der Waals surface area contributed by atoms with E-state index in [4.69, 9.17) is 18.0 Å². The van der Waals surface area contributed by atoms with Gasteiger partial charge in [-0.1, -0.05) is 24.4 Å². The highest BCUT2D eigenvalue weighted by Gasteiger charge is 2.12. The lowest BCUT2D eigenvalue weighted by molar-refractivity contribution is 0.581. The summed E-state index contributed by atoms with van der Waals surface area (Å²) in [6.45, 7) is 0.445. The van der Waals surface area contributed by atoms with Gasteiger partial charge in [0.05, 0.1) is 4.90 Å². The monoisotopic (exact) mass is 304 g/mol. The molecule has 18 heavy (non-hydrogen) atoms. The van der Waals surface area contributed by atoms with Gasteiger partial charge in [0.15, 0.2) is 0 Å². The number of rotatable bonds is 7. The molecule has 1 aromatic rings. The van der Waals surface area contributed by atoms with Crippen LogP contribution in [0.15, 0.2) is 29.2 Å². The Kier molecular flexibility index (Phi) is 6.07. The van der Waals surface area contributed by atoms with Gasteiger partial charge in [-0.15, -0.1) is 0 Å². The van der Waals surface area contributed by atoms with Crippen molar-refractivity contribution >= 4 is 39.0 Å². The Morgan fingerprint density at radius 3 is 2.50 bits per heavy atom. The molecule has 0 atom stereocenters. The fourth-order valence-electron chi connectivity index (χ4n) is 1.30. The van der Waals surface area contributed by atoms with Crippen LogP contribution in [0.5, 0.6) is 0 Å². The number of nitrogens with two attached hydrogens (primary N) is 1. The third kappa shape index (κ3) is 4.56. The average molecular weight is 304 g/mol. The van der Waals surface area contributed by atoms with E-state index in [0.717, 1.165) is 12.2 Å². The first-order valence-electron chi connectivity index (χ1n) is 5.36. The van der Waals surface area contributed by atoms with E-state index in [1.807, 2.05) is 6.26 Å². The van der Waals surface area contributed by atoms with Gasteiger partial charge in [-0.05, 0) is 30.6 Å². The molecule has 0 aromatic heterocycles. The summed E-state index contributed by atoms with van der Waals surface area (Å²) >= 11 is 6.50. The van der Waals surface area contributed by atoms with Gasteiger partial charge in [-0.3, -0.25) is 0 Å². The van der Waals surface area contributed by atoms with Gasteiger partial charge in [-0.2, -0.15) is 11.8 Å². The first-order chi connectivity index (χ1) is 8.47. The van der Waals surface area contributed by atoms with Gasteiger partial charge in [-0.25, -0.2) is 13.1 Å². The zero-order valence-corrected chi connectivity index (χ0v) is 12.5. The van der Waals surface area contributed by atoms with Gasteiger partial charge >= 0.3 is 0 Å². The molecule has 0 bridgehead atoms. The normalized spacial score (nSPS) is 11.4. The minimum Gasteiger partial charge on any atom is -0.389 e. The van der Waals surface area contributed by atoms with E-state index in [-0.39, 0.29) is 9.88 Å². The maximum atomic E-state index is 11.9. The molecule has 0 spiro atoms. The van der Waals surface area contributed by atoms with Crippen LogP contribution in [-0.2, 0) is 10.0 Å². The van der Waals surface area contributed by atoms with Crippen molar-refractivity contribution < 1.29 is 8.42 Å². The van der Waals surface area contributed by atoms with Crippen LogP contribution in [-0.4, -0.2) is 32.0 Å². The van der Waals surface area contributed by atoms with E-state index in [1.54, 1.807) is 23.9 Å². The molecule has 7 heteroatoms. The molecule has 100 valence electrons. The lowest BCUT2D eigenvalue weighted by atomic mass is 10.2. The highest BCUT2D eigenvalue weighted by atomic mass is 32.2. The lowest BCUT2D eigenvalue weighted by Crippen LogP contribution is -2.25. The summed E-state index contributed by atoms with van der Waals surface area (Å²) in [5.41, 5.74) is 6.11. The number of nitrogens with one attached hydrogen (secondary N) is 1. The maximum Gasteiger partial charge on any atom is 0.240 e. The molecule has 0 saturated heterocycles. The molecular formula is C11H16N2O2S3. The molecule has 0 saturated carbocycles. The standard InChI is InChI=1S/C11H16N2O2S3/c1-17-8-2-7-13-18(14,15)10-5-3-9(4-6-10)11(12)16/h3-6,13H,2,7-8H2,1H3,(H2,12,16). The molecule has 0 aliphatic heterocycles. The van der Waals surface area contributed by atoms with Crippen LogP contribution in [0, 0.1) is 0 Å². The number of sulfonamides is 1. The van der Waals surface area contributed by atoms with Gasteiger partial charge in [0.25, 0.3) is 0 Å². The van der Waals surface area contributed by atoms with Gasteiger partial charge in [0.1, 0.15) is 4.99 Å². The highest BCUT2D eigenvalue weighted by Crippen LogP contribution is 2.10. The summed E-state index contributed by atoms with van der Waals surface area (Å²) in [5, 5.41) is 0. The smallest absolute Gasteiger partial charge is 0.240 e. The Labute approximate surface area is 117 Å². The Balaban J connectivity index is 2.70. The van der Waals surface area contributed by atoms with Crippen molar-refractivity contribution in [2.75, 3.05) is 18.6 Å². The summed E-state index contributed by atoms with van der Waals surface area (Å²) < 4.78 is 26.3. The van der Waals surface area contributed by atoms with E-state index < -0.39 is 10.0 Å². The van der Waals surface area contributed by atoms with Crippen molar-refractivity contribution in [2.45, 2.75) is 11.3 Å². The van der Waals surface area contributed by atoms with E-state index in [2.05, 4.69) is 4.72 Å². The van der Waals surface area contributed by atoms with Crippen LogP contribution in [0.3, 0.4) is 0 Å². The van der Waals surface area contributed by atoms with Crippen LogP contribution in [0.4, 0.5) is 0 Å². The Morgan fingerprint density at radius 1 is 1.39 bits per heavy atom. The van der Waals surface area contributed by atoms with E-state index in [9.17, 15) is 8.42 Å². The van der Waals surface area contributed by atoms with E-state index in [1.165, 1.54) is 12.1 Å². The second-order valence-corrected chi connectivity index (χ2v) is 6.83. The van der Waals surface area contributed by atoms with Crippen molar-refractivity contribution in [1.29, 1.82) is 0 Å². The Morgan fingerprint density at radius 2 is 2.00 bits per heavy atom. The fourth-order valence-corrected chi connectivity index (χ4v) is 2.95. The highest BCUT2D eigenvalue weighted by molar-refractivity contribution is 7.98.